The molecular weight excluding hydrogens is 300 g/mol. The monoisotopic (exact) mass is 314 g/mol. The molecule has 4 heterocycles. The van der Waals surface area contributed by atoms with Gasteiger partial charge in [0.1, 0.15) is 6.33 Å². The van der Waals surface area contributed by atoms with E-state index in [0.717, 1.165) is 36.5 Å². The minimum Gasteiger partial charge on any atom is -0.351 e. The summed E-state index contributed by atoms with van der Waals surface area (Å²) in [5.74, 6) is 0.800. The third-order valence-corrected chi connectivity index (χ3v) is 4.49. The fraction of sp³-hybridized carbons (Fsp3) is 0.286. The van der Waals surface area contributed by atoms with E-state index in [9.17, 15) is 4.79 Å². The van der Waals surface area contributed by atoms with Crippen LogP contribution in [0, 0.1) is 0 Å². The smallest absolute Gasteiger partial charge is 0.252 e. The quantitative estimate of drug-likeness (QED) is 0.786. The summed E-state index contributed by atoms with van der Waals surface area (Å²) in [5.41, 5.74) is 1.47. The highest BCUT2D eigenvalue weighted by Crippen LogP contribution is 2.21. The largest absolute Gasteiger partial charge is 0.351 e. The molecule has 8 heteroatoms. The Bertz CT molecular complexity index is 799. The zero-order valence-corrected chi connectivity index (χ0v) is 12.5. The number of hydrogen-bond acceptors (Lipinski definition) is 6. The van der Waals surface area contributed by atoms with Crippen molar-refractivity contribution in [3.05, 3.63) is 41.1 Å². The van der Waals surface area contributed by atoms with E-state index in [0.29, 0.717) is 0 Å². The van der Waals surface area contributed by atoms with Crippen molar-refractivity contribution in [2.45, 2.75) is 12.5 Å². The van der Waals surface area contributed by atoms with Crippen LogP contribution in [-0.4, -0.2) is 44.6 Å². The highest BCUT2D eigenvalue weighted by Gasteiger charge is 2.27. The van der Waals surface area contributed by atoms with Crippen molar-refractivity contribution < 1.29 is 4.79 Å². The average Bonchev–Trinajstić information content (AvgIpc) is 3.27. The Kier molecular flexibility index (Phi) is 3.23. The lowest BCUT2D eigenvalue weighted by molar-refractivity contribution is 0.0941. The van der Waals surface area contributed by atoms with Crippen molar-refractivity contribution in [1.82, 2.24) is 24.9 Å². The molecule has 22 heavy (non-hydrogen) atoms. The number of carbonyl (C=O) groups is 1. The molecule has 112 valence electrons. The summed E-state index contributed by atoms with van der Waals surface area (Å²) in [6, 6.07) is 1.96. The number of rotatable bonds is 3. The van der Waals surface area contributed by atoms with E-state index in [4.69, 9.17) is 0 Å². The van der Waals surface area contributed by atoms with Gasteiger partial charge in [0.05, 0.1) is 0 Å². The number of hydrogen-bond donors (Lipinski definition) is 1. The third-order valence-electron chi connectivity index (χ3n) is 3.80. The fourth-order valence-electron chi connectivity index (χ4n) is 2.70. The Morgan fingerprint density at radius 1 is 1.45 bits per heavy atom. The number of amides is 1. The second-order valence-corrected chi connectivity index (χ2v) is 6.01. The molecular formula is C14H14N6OS. The van der Waals surface area contributed by atoms with Crippen molar-refractivity contribution in [3.8, 4) is 0 Å². The Labute approximate surface area is 130 Å². The first-order chi connectivity index (χ1) is 10.8. The SMILES string of the molecule is O=C(N[C@@H]1CCN(c2nccn3cnnc23)C1)c1ccsc1. The minimum atomic E-state index is -0.0123. The van der Waals surface area contributed by atoms with Crippen LogP contribution in [0.1, 0.15) is 16.8 Å². The van der Waals surface area contributed by atoms with Crippen LogP contribution in [0.5, 0.6) is 0 Å². The summed E-state index contributed by atoms with van der Waals surface area (Å²) in [7, 11) is 0. The van der Waals surface area contributed by atoms with Crippen molar-refractivity contribution in [3.63, 3.8) is 0 Å². The number of aromatic nitrogens is 4. The first-order valence-electron chi connectivity index (χ1n) is 7.03. The van der Waals surface area contributed by atoms with Gasteiger partial charge in [0.25, 0.3) is 5.91 Å². The van der Waals surface area contributed by atoms with Crippen LogP contribution in [0.25, 0.3) is 5.65 Å². The summed E-state index contributed by atoms with van der Waals surface area (Å²) >= 11 is 1.53. The molecule has 0 radical (unpaired) electrons. The van der Waals surface area contributed by atoms with Gasteiger partial charge >= 0.3 is 0 Å². The van der Waals surface area contributed by atoms with Crippen LogP contribution in [0.3, 0.4) is 0 Å². The van der Waals surface area contributed by atoms with Gasteiger partial charge in [-0.1, -0.05) is 0 Å². The molecule has 0 aliphatic carbocycles. The molecule has 3 aromatic rings. The summed E-state index contributed by atoms with van der Waals surface area (Å²) in [6.45, 7) is 1.57. The number of anilines is 1. The fourth-order valence-corrected chi connectivity index (χ4v) is 3.34. The molecule has 0 spiro atoms. The van der Waals surface area contributed by atoms with Gasteiger partial charge < -0.3 is 10.2 Å². The van der Waals surface area contributed by atoms with Crippen molar-refractivity contribution >= 4 is 28.7 Å². The molecule has 1 fully saturated rings. The number of nitrogens with zero attached hydrogens (tertiary/aromatic N) is 5. The van der Waals surface area contributed by atoms with Gasteiger partial charge in [-0.15, -0.1) is 10.2 Å². The Balaban J connectivity index is 1.48. The second kappa shape index (κ2) is 5.38. The highest BCUT2D eigenvalue weighted by molar-refractivity contribution is 7.08. The first kappa shape index (κ1) is 13.2. The van der Waals surface area contributed by atoms with Gasteiger partial charge in [0.15, 0.2) is 5.82 Å². The Hall–Kier alpha value is -2.48. The van der Waals surface area contributed by atoms with E-state index in [1.165, 1.54) is 11.3 Å². The van der Waals surface area contributed by atoms with Crippen molar-refractivity contribution in [2.75, 3.05) is 18.0 Å². The number of nitrogens with one attached hydrogen (secondary N) is 1. The number of fused-ring (bicyclic) bond motifs is 1. The van der Waals surface area contributed by atoms with Gasteiger partial charge in [0, 0.05) is 42.5 Å². The molecule has 1 aliphatic heterocycles. The molecule has 0 aromatic carbocycles. The molecule has 1 amide bonds. The lowest BCUT2D eigenvalue weighted by Gasteiger charge is -2.18. The maximum Gasteiger partial charge on any atom is 0.252 e. The van der Waals surface area contributed by atoms with Gasteiger partial charge in [-0.2, -0.15) is 11.3 Å². The van der Waals surface area contributed by atoms with Gasteiger partial charge in [0.2, 0.25) is 5.65 Å². The number of thiophene rings is 1. The third kappa shape index (κ3) is 2.31. The zero-order valence-electron chi connectivity index (χ0n) is 11.7. The molecule has 1 saturated heterocycles. The van der Waals surface area contributed by atoms with Crippen molar-refractivity contribution in [2.24, 2.45) is 0 Å². The summed E-state index contributed by atoms with van der Waals surface area (Å²) in [6.07, 6.45) is 6.12. The minimum absolute atomic E-state index is 0.0123. The van der Waals surface area contributed by atoms with E-state index in [2.05, 4.69) is 25.4 Å². The summed E-state index contributed by atoms with van der Waals surface area (Å²) in [4.78, 5) is 18.7. The summed E-state index contributed by atoms with van der Waals surface area (Å²) < 4.78 is 1.85. The normalized spacial score (nSPS) is 18.0. The molecule has 1 N–H and O–H groups in total. The summed E-state index contributed by atoms with van der Waals surface area (Å²) in [5, 5.41) is 14.9. The van der Waals surface area contributed by atoms with E-state index < -0.39 is 0 Å². The lowest BCUT2D eigenvalue weighted by Crippen LogP contribution is -2.37. The maximum atomic E-state index is 12.1. The zero-order chi connectivity index (χ0) is 14.9. The predicted molar refractivity (Wildman–Crippen MR) is 83.2 cm³/mol. The number of carbonyl (C=O) groups excluding carboxylic acids is 1. The van der Waals surface area contributed by atoms with Crippen LogP contribution in [0.4, 0.5) is 5.82 Å². The van der Waals surface area contributed by atoms with E-state index in [1.807, 2.05) is 27.4 Å². The van der Waals surface area contributed by atoms with Crippen LogP contribution in [-0.2, 0) is 0 Å². The average molecular weight is 314 g/mol. The van der Waals surface area contributed by atoms with Crippen molar-refractivity contribution in [1.29, 1.82) is 0 Å². The Morgan fingerprint density at radius 3 is 3.27 bits per heavy atom. The van der Waals surface area contributed by atoms with Crippen LogP contribution in [0.15, 0.2) is 35.5 Å². The van der Waals surface area contributed by atoms with E-state index in [-0.39, 0.29) is 11.9 Å². The molecule has 0 unspecified atom stereocenters. The molecule has 4 rings (SSSR count). The Morgan fingerprint density at radius 2 is 2.41 bits per heavy atom. The van der Waals surface area contributed by atoms with E-state index in [1.54, 1.807) is 12.5 Å². The second-order valence-electron chi connectivity index (χ2n) is 5.23. The van der Waals surface area contributed by atoms with Gasteiger partial charge in [-0.3, -0.25) is 9.20 Å². The predicted octanol–water partition coefficient (Wildman–Crippen LogP) is 1.19. The maximum absolute atomic E-state index is 12.1. The molecule has 3 aromatic heterocycles. The van der Waals surface area contributed by atoms with E-state index >= 15 is 0 Å². The molecule has 1 atom stereocenters. The molecule has 0 saturated carbocycles. The molecule has 0 bridgehead atoms. The van der Waals surface area contributed by atoms with Gasteiger partial charge in [-0.25, -0.2) is 4.98 Å². The van der Waals surface area contributed by atoms with Crippen LogP contribution >= 0.6 is 11.3 Å². The first-order valence-corrected chi connectivity index (χ1v) is 7.98. The molecule has 1 aliphatic rings. The van der Waals surface area contributed by atoms with Gasteiger partial charge in [-0.05, 0) is 17.9 Å². The highest BCUT2D eigenvalue weighted by atomic mass is 32.1. The molecule has 7 nitrogen and oxygen atoms in total. The lowest BCUT2D eigenvalue weighted by atomic mass is 10.2. The standard InChI is InChI=1S/C14H14N6OS/c21-14(10-2-6-22-8-10)17-11-1-4-19(7-11)12-13-18-16-9-20(13)5-3-15-12/h2-3,5-6,8-9,11H,1,4,7H2,(H,17,21)/t11-/m1/s1. The van der Waals surface area contributed by atoms with Crippen LogP contribution in [0.2, 0.25) is 0 Å². The topological polar surface area (TPSA) is 75.4 Å². The van der Waals surface area contributed by atoms with Crippen LogP contribution < -0.4 is 10.2 Å².